The lowest BCUT2D eigenvalue weighted by molar-refractivity contribution is -0.121. The van der Waals surface area contributed by atoms with Crippen molar-refractivity contribution in [2.75, 3.05) is 5.32 Å². The van der Waals surface area contributed by atoms with Crippen LogP contribution in [0, 0.1) is 0 Å². The smallest absolute Gasteiger partial charge is 0.239 e. The van der Waals surface area contributed by atoms with E-state index in [-0.39, 0.29) is 5.91 Å². The molecule has 0 aliphatic heterocycles. The Bertz CT molecular complexity index is 523. The summed E-state index contributed by atoms with van der Waals surface area (Å²) in [6.45, 7) is 0. The van der Waals surface area contributed by atoms with Crippen LogP contribution >= 0.6 is 0 Å². The molecule has 3 nitrogen and oxygen atoms in total. The molecule has 18 heavy (non-hydrogen) atoms. The third-order valence-corrected chi connectivity index (χ3v) is 2.62. The molecule has 90 valence electrons. The van der Waals surface area contributed by atoms with Gasteiger partial charge in [-0.05, 0) is 17.7 Å². The number of carbonyl (C=O) groups is 2. The van der Waals surface area contributed by atoms with Crippen LogP contribution < -0.4 is 5.32 Å². The molecule has 0 fully saturated rings. The van der Waals surface area contributed by atoms with Gasteiger partial charge in [0.25, 0.3) is 0 Å². The Hall–Kier alpha value is -2.42. The van der Waals surface area contributed by atoms with Crippen molar-refractivity contribution in [3.8, 4) is 0 Å². The highest BCUT2D eigenvalue weighted by Gasteiger charge is 2.19. The Balaban J connectivity index is 2.14. The average molecular weight is 239 g/mol. The first-order chi connectivity index (χ1) is 8.81. The van der Waals surface area contributed by atoms with Crippen molar-refractivity contribution in [3.05, 3.63) is 66.2 Å². The number of benzene rings is 2. The van der Waals surface area contributed by atoms with Gasteiger partial charge in [-0.1, -0.05) is 48.5 Å². The van der Waals surface area contributed by atoms with E-state index in [1.54, 1.807) is 24.3 Å². The summed E-state index contributed by atoms with van der Waals surface area (Å²) in [5, 5.41) is 2.72. The van der Waals surface area contributed by atoms with Crippen LogP contribution in [0.1, 0.15) is 11.5 Å². The van der Waals surface area contributed by atoms with Gasteiger partial charge in [0.1, 0.15) is 12.2 Å². The molecule has 3 heteroatoms. The van der Waals surface area contributed by atoms with Crippen LogP contribution in [0.2, 0.25) is 0 Å². The first-order valence-electron chi connectivity index (χ1n) is 5.67. The lowest BCUT2D eigenvalue weighted by atomic mass is 10.00. The van der Waals surface area contributed by atoms with Crippen LogP contribution in [-0.4, -0.2) is 12.2 Å². The number of hydrogen-bond donors (Lipinski definition) is 1. The molecular weight excluding hydrogens is 226 g/mol. The molecule has 2 aromatic carbocycles. The van der Waals surface area contributed by atoms with Crippen LogP contribution in [0.5, 0.6) is 0 Å². The fourth-order valence-electron chi connectivity index (χ4n) is 1.69. The average Bonchev–Trinajstić information content (AvgIpc) is 2.42. The van der Waals surface area contributed by atoms with Crippen LogP contribution in [0.15, 0.2) is 60.7 Å². The molecule has 0 bridgehead atoms. The third kappa shape index (κ3) is 2.83. The van der Waals surface area contributed by atoms with Gasteiger partial charge < -0.3 is 10.1 Å². The maximum atomic E-state index is 12.0. The zero-order valence-electron chi connectivity index (χ0n) is 9.74. The molecule has 0 heterocycles. The van der Waals surface area contributed by atoms with E-state index in [4.69, 9.17) is 0 Å². The van der Waals surface area contributed by atoms with E-state index in [1.807, 2.05) is 36.4 Å². The van der Waals surface area contributed by atoms with Crippen LogP contribution in [0.25, 0.3) is 0 Å². The normalized spacial score (nSPS) is 11.6. The number of para-hydroxylation sites is 1. The van der Waals surface area contributed by atoms with Crippen molar-refractivity contribution in [2.45, 2.75) is 5.92 Å². The second-order valence-electron chi connectivity index (χ2n) is 3.88. The molecule has 0 aliphatic carbocycles. The van der Waals surface area contributed by atoms with Crippen LogP contribution in [-0.2, 0) is 9.59 Å². The molecule has 2 rings (SSSR count). The summed E-state index contributed by atoms with van der Waals surface area (Å²) in [6.07, 6.45) is 0.660. The first-order valence-corrected chi connectivity index (χ1v) is 5.67. The maximum absolute atomic E-state index is 12.0. The van der Waals surface area contributed by atoms with Crippen molar-refractivity contribution in [2.24, 2.45) is 0 Å². The van der Waals surface area contributed by atoms with E-state index >= 15 is 0 Å². The molecule has 0 saturated carbocycles. The molecule has 1 atom stereocenters. The molecule has 1 unspecified atom stereocenters. The van der Waals surface area contributed by atoms with E-state index < -0.39 is 5.92 Å². The zero-order chi connectivity index (χ0) is 12.8. The second-order valence-corrected chi connectivity index (χ2v) is 3.88. The number of carbonyl (C=O) groups excluding carboxylic acids is 2. The van der Waals surface area contributed by atoms with Gasteiger partial charge in [0.2, 0.25) is 5.91 Å². The molecule has 0 radical (unpaired) electrons. The van der Waals surface area contributed by atoms with E-state index in [0.717, 1.165) is 0 Å². The Morgan fingerprint density at radius 2 is 1.50 bits per heavy atom. The fraction of sp³-hybridized carbons (Fsp3) is 0.0667. The Labute approximate surface area is 105 Å². The number of amides is 1. The summed E-state index contributed by atoms with van der Waals surface area (Å²) < 4.78 is 0. The highest BCUT2D eigenvalue weighted by molar-refractivity contribution is 6.05. The zero-order valence-corrected chi connectivity index (χ0v) is 9.74. The third-order valence-electron chi connectivity index (χ3n) is 2.62. The summed E-state index contributed by atoms with van der Waals surface area (Å²) >= 11 is 0. The van der Waals surface area contributed by atoms with E-state index in [9.17, 15) is 9.59 Å². The van der Waals surface area contributed by atoms with Gasteiger partial charge in [-0.3, -0.25) is 4.79 Å². The lowest BCUT2D eigenvalue weighted by Gasteiger charge is -2.11. The minimum absolute atomic E-state index is 0.317. The summed E-state index contributed by atoms with van der Waals surface area (Å²) in [5.41, 5.74) is 1.38. The quantitative estimate of drug-likeness (QED) is 0.658. The van der Waals surface area contributed by atoms with Crippen molar-refractivity contribution in [1.29, 1.82) is 0 Å². The maximum Gasteiger partial charge on any atom is 0.239 e. The largest absolute Gasteiger partial charge is 0.325 e. The molecule has 0 spiro atoms. The van der Waals surface area contributed by atoms with Crippen LogP contribution in [0.4, 0.5) is 5.69 Å². The molecule has 1 amide bonds. The van der Waals surface area contributed by atoms with Crippen molar-refractivity contribution in [3.63, 3.8) is 0 Å². The van der Waals surface area contributed by atoms with Crippen molar-refractivity contribution in [1.82, 2.24) is 0 Å². The molecular formula is C15H13NO2. The minimum atomic E-state index is -0.772. The fourth-order valence-corrected chi connectivity index (χ4v) is 1.69. The summed E-state index contributed by atoms with van der Waals surface area (Å²) in [5.74, 6) is -1.09. The van der Waals surface area contributed by atoms with E-state index in [1.165, 1.54) is 0 Å². The van der Waals surface area contributed by atoms with Gasteiger partial charge >= 0.3 is 0 Å². The first kappa shape index (κ1) is 12.0. The summed E-state index contributed by atoms with van der Waals surface area (Å²) in [7, 11) is 0. The van der Waals surface area contributed by atoms with Gasteiger partial charge in [0.15, 0.2) is 0 Å². The Kier molecular flexibility index (Phi) is 3.86. The molecule has 2 aromatic rings. The summed E-state index contributed by atoms with van der Waals surface area (Å²) in [4.78, 5) is 23.1. The number of nitrogens with one attached hydrogen (secondary N) is 1. The number of anilines is 1. The van der Waals surface area contributed by atoms with Gasteiger partial charge in [0.05, 0.1) is 0 Å². The Morgan fingerprint density at radius 1 is 0.944 bits per heavy atom. The van der Waals surface area contributed by atoms with Gasteiger partial charge in [0, 0.05) is 5.69 Å². The number of rotatable bonds is 4. The summed E-state index contributed by atoms with van der Waals surface area (Å²) in [6, 6.07) is 18.1. The predicted octanol–water partition coefficient (Wildman–Crippen LogP) is 2.61. The van der Waals surface area contributed by atoms with E-state index in [0.29, 0.717) is 17.5 Å². The molecule has 0 aromatic heterocycles. The SMILES string of the molecule is O=CC(C(=O)Nc1ccccc1)c1ccccc1. The Morgan fingerprint density at radius 3 is 2.06 bits per heavy atom. The standard InChI is InChI=1S/C15H13NO2/c17-11-14(12-7-3-1-4-8-12)15(18)16-13-9-5-2-6-10-13/h1-11,14H,(H,16,18). The topological polar surface area (TPSA) is 46.2 Å². The minimum Gasteiger partial charge on any atom is -0.325 e. The monoisotopic (exact) mass is 239 g/mol. The van der Waals surface area contributed by atoms with Gasteiger partial charge in [-0.15, -0.1) is 0 Å². The van der Waals surface area contributed by atoms with Crippen LogP contribution in [0.3, 0.4) is 0 Å². The lowest BCUT2D eigenvalue weighted by Crippen LogP contribution is -2.22. The predicted molar refractivity (Wildman–Crippen MR) is 70.3 cm³/mol. The van der Waals surface area contributed by atoms with Crippen molar-refractivity contribution >= 4 is 17.9 Å². The number of aldehydes is 1. The molecule has 0 saturated heterocycles. The van der Waals surface area contributed by atoms with Gasteiger partial charge in [-0.2, -0.15) is 0 Å². The van der Waals surface area contributed by atoms with Gasteiger partial charge in [-0.25, -0.2) is 0 Å². The number of hydrogen-bond acceptors (Lipinski definition) is 2. The highest BCUT2D eigenvalue weighted by atomic mass is 16.2. The van der Waals surface area contributed by atoms with Crippen molar-refractivity contribution < 1.29 is 9.59 Å². The molecule has 1 N–H and O–H groups in total. The molecule has 0 aliphatic rings. The highest BCUT2D eigenvalue weighted by Crippen LogP contribution is 2.16. The second kappa shape index (κ2) is 5.77. The van der Waals surface area contributed by atoms with E-state index in [2.05, 4.69) is 5.32 Å².